The van der Waals surface area contributed by atoms with Crippen LogP contribution in [-0.2, 0) is 0 Å². The molecular formula is C5H9F3O. The summed E-state index contributed by atoms with van der Waals surface area (Å²) in [6.07, 6.45) is 0. The van der Waals surface area contributed by atoms with E-state index in [-0.39, 0.29) is 0 Å². The van der Waals surface area contributed by atoms with Crippen LogP contribution < -0.4 is 0 Å². The molecule has 1 atom stereocenters. The highest BCUT2D eigenvalue weighted by molar-refractivity contribution is 4.84. The normalized spacial score (nSPS) is 19.3. The van der Waals surface area contributed by atoms with E-state index in [1.165, 1.54) is 0 Å². The summed E-state index contributed by atoms with van der Waals surface area (Å²) < 4.78 is 35.6. The van der Waals surface area contributed by atoms with E-state index in [0.717, 1.165) is 6.92 Å². The summed E-state index contributed by atoms with van der Waals surface area (Å²) in [4.78, 5) is 0. The molecule has 1 nitrogen and oxygen atoms in total. The fraction of sp³-hybridized carbons (Fsp3) is 1.00. The summed E-state index contributed by atoms with van der Waals surface area (Å²) in [5.74, 6) is -3.37. The third kappa shape index (κ3) is 1.86. The maximum Gasteiger partial charge on any atom is 0.275 e. The molecule has 0 aliphatic heterocycles. The van der Waals surface area contributed by atoms with Crippen molar-refractivity contribution in [3.05, 3.63) is 0 Å². The monoisotopic (exact) mass is 142 g/mol. The average Bonchev–Trinajstić information content (AvgIpc) is 1.64. The van der Waals surface area contributed by atoms with E-state index < -0.39 is 18.2 Å². The van der Waals surface area contributed by atoms with Gasteiger partial charge in [0.25, 0.3) is 5.92 Å². The third-order valence-corrected chi connectivity index (χ3v) is 1.21. The largest absolute Gasteiger partial charge is 0.381 e. The molecule has 0 aliphatic rings. The van der Waals surface area contributed by atoms with Gasteiger partial charge in [-0.1, -0.05) is 0 Å². The highest BCUT2D eigenvalue weighted by Crippen LogP contribution is 2.27. The van der Waals surface area contributed by atoms with E-state index in [1.54, 1.807) is 0 Å². The van der Waals surface area contributed by atoms with Crippen molar-refractivity contribution in [2.24, 2.45) is 0 Å². The van der Waals surface area contributed by atoms with Gasteiger partial charge in [-0.3, -0.25) is 0 Å². The molecule has 1 N–H and O–H groups in total. The Morgan fingerprint density at radius 2 is 1.67 bits per heavy atom. The Labute approximate surface area is 51.5 Å². The van der Waals surface area contributed by atoms with Crippen LogP contribution in [-0.4, -0.2) is 23.3 Å². The van der Waals surface area contributed by atoms with Crippen molar-refractivity contribution >= 4 is 0 Å². The van der Waals surface area contributed by atoms with E-state index in [1.807, 2.05) is 0 Å². The van der Waals surface area contributed by atoms with E-state index >= 15 is 0 Å². The quantitative estimate of drug-likeness (QED) is 0.617. The summed E-state index contributed by atoms with van der Waals surface area (Å²) >= 11 is 0. The van der Waals surface area contributed by atoms with Crippen LogP contribution >= 0.6 is 0 Å². The first-order valence-corrected chi connectivity index (χ1v) is 2.47. The molecule has 0 saturated heterocycles. The van der Waals surface area contributed by atoms with Crippen molar-refractivity contribution in [2.45, 2.75) is 25.4 Å². The number of rotatable bonds is 2. The van der Waals surface area contributed by atoms with Gasteiger partial charge < -0.3 is 5.11 Å². The molecule has 4 heteroatoms. The number of hydrogen-bond donors (Lipinski definition) is 1. The molecule has 9 heavy (non-hydrogen) atoms. The lowest BCUT2D eigenvalue weighted by molar-refractivity contribution is -0.166. The zero-order valence-corrected chi connectivity index (χ0v) is 5.29. The van der Waals surface area contributed by atoms with Gasteiger partial charge in [-0.25, -0.2) is 13.2 Å². The first-order valence-electron chi connectivity index (χ1n) is 2.47. The van der Waals surface area contributed by atoms with E-state index in [9.17, 15) is 13.2 Å². The standard InChI is InChI=1S/C5H9F3O/c1-4(9,3-6)5(2,7)8/h9H,3H2,1-2H3. The van der Waals surface area contributed by atoms with Gasteiger partial charge in [0.15, 0.2) is 5.60 Å². The molecule has 0 aromatic rings. The molecule has 0 rings (SSSR count). The third-order valence-electron chi connectivity index (χ3n) is 1.21. The van der Waals surface area contributed by atoms with Gasteiger partial charge in [0.05, 0.1) is 0 Å². The lowest BCUT2D eigenvalue weighted by atomic mass is 10.0. The Morgan fingerprint density at radius 1 is 1.33 bits per heavy atom. The second-order valence-corrected chi connectivity index (χ2v) is 2.30. The highest BCUT2D eigenvalue weighted by atomic mass is 19.3. The summed E-state index contributed by atoms with van der Waals surface area (Å²) in [6, 6.07) is 0. The molecule has 0 spiro atoms. The molecule has 0 fully saturated rings. The van der Waals surface area contributed by atoms with Crippen LogP contribution in [0.4, 0.5) is 13.2 Å². The Balaban J connectivity index is 4.14. The molecule has 0 heterocycles. The summed E-state index contributed by atoms with van der Waals surface area (Å²) in [6.45, 7) is -0.198. The van der Waals surface area contributed by atoms with E-state index in [2.05, 4.69) is 0 Å². The highest BCUT2D eigenvalue weighted by Gasteiger charge is 2.44. The predicted molar refractivity (Wildman–Crippen MR) is 27.2 cm³/mol. The van der Waals surface area contributed by atoms with E-state index in [0.29, 0.717) is 6.92 Å². The number of aliphatic hydroxyl groups is 1. The molecule has 0 radical (unpaired) electrons. The number of halogens is 3. The Morgan fingerprint density at radius 3 is 1.67 bits per heavy atom. The van der Waals surface area contributed by atoms with Crippen LogP contribution in [0.25, 0.3) is 0 Å². The van der Waals surface area contributed by atoms with Crippen LogP contribution in [0.1, 0.15) is 13.8 Å². The predicted octanol–water partition coefficient (Wildman–Crippen LogP) is 1.36. The summed E-state index contributed by atoms with van der Waals surface area (Å²) in [7, 11) is 0. The maximum absolute atomic E-state index is 12.0. The lowest BCUT2D eigenvalue weighted by Gasteiger charge is -2.26. The molecule has 1 unspecified atom stereocenters. The van der Waals surface area contributed by atoms with Crippen molar-refractivity contribution in [2.75, 3.05) is 6.67 Å². The van der Waals surface area contributed by atoms with Crippen LogP contribution in [0.2, 0.25) is 0 Å². The molecule has 0 saturated carbocycles. The van der Waals surface area contributed by atoms with Crippen molar-refractivity contribution in [3.8, 4) is 0 Å². The smallest absolute Gasteiger partial charge is 0.275 e. The van der Waals surface area contributed by atoms with Crippen molar-refractivity contribution in [1.29, 1.82) is 0 Å². The molecule has 0 aromatic carbocycles. The van der Waals surface area contributed by atoms with E-state index in [4.69, 9.17) is 5.11 Å². The molecule has 0 aromatic heterocycles. The van der Waals surface area contributed by atoms with Gasteiger partial charge >= 0.3 is 0 Å². The minimum Gasteiger partial charge on any atom is -0.381 e. The molecule has 0 bridgehead atoms. The Bertz CT molecular complexity index is 94.9. The summed E-state index contributed by atoms with van der Waals surface area (Å²) in [5, 5.41) is 8.53. The fourth-order valence-electron chi connectivity index (χ4n) is 0.117. The minimum atomic E-state index is -3.37. The molecule has 0 amide bonds. The van der Waals surface area contributed by atoms with Crippen molar-refractivity contribution in [3.63, 3.8) is 0 Å². The number of hydrogen-bond acceptors (Lipinski definition) is 1. The van der Waals surface area contributed by atoms with Crippen LogP contribution in [0.15, 0.2) is 0 Å². The molecule has 0 aliphatic carbocycles. The zero-order chi connectivity index (χ0) is 7.71. The average molecular weight is 142 g/mol. The van der Waals surface area contributed by atoms with Crippen molar-refractivity contribution in [1.82, 2.24) is 0 Å². The van der Waals surface area contributed by atoms with Crippen molar-refractivity contribution < 1.29 is 18.3 Å². The SMILES string of the molecule is CC(F)(F)C(C)(O)CF. The first-order chi connectivity index (χ1) is 3.81. The second-order valence-electron chi connectivity index (χ2n) is 2.30. The first kappa shape index (κ1) is 8.75. The van der Waals surface area contributed by atoms with Gasteiger partial charge in [0, 0.05) is 6.92 Å². The number of alkyl halides is 3. The van der Waals surface area contributed by atoms with Crippen LogP contribution in [0.5, 0.6) is 0 Å². The van der Waals surface area contributed by atoms with Crippen LogP contribution in [0, 0.1) is 0 Å². The maximum atomic E-state index is 12.0. The second kappa shape index (κ2) is 2.17. The molecular weight excluding hydrogens is 133 g/mol. The van der Waals surface area contributed by atoms with Gasteiger partial charge in [0.1, 0.15) is 6.67 Å². The minimum absolute atomic E-state index is 0.479. The van der Waals surface area contributed by atoms with Gasteiger partial charge in [-0.05, 0) is 6.92 Å². The van der Waals surface area contributed by atoms with Gasteiger partial charge in [-0.2, -0.15) is 0 Å². The summed E-state index contributed by atoms with van der Waals surface area (Å²) in [5.41, 5.74) is -2.52. The zero-order valence-electron chi connectivity index (χ0n) is 5.29. The van der Waals surface area contributed by atoms with Gasteiger partial charge in [-0.15, -0.1) is 0 Å². The van der Waals surface area contributed by atoms with Gasteiger partial charge in [0.2, 0.25) is 0 Å². The molecule has 56 valence electrons. The van der Waals surface area contributed by atoms with Crippen LogP contribution in [0.3, 0.4) is 0 Å². The Hall–Kier alpha value is -0.250. The Kier molecular flexibility index (Phi) is 2.11. The lowest BCUT2D eigenvalue weighted by Crippen LogP contribution is -2.45. The fourth-order valence-corrected chi connectivity index (χ4v) is 0.117. The topological polar surface area (TPSA) is 20.2 Å².